The van der Waals surface area contributed by atoms with Crippen LogP contribution in [-0.2, 0) is 0 Å². The molecule has 4 nitrogen and oxygen atoms in total. The zero-order valence-electron chi connectivity index (χ0n) is 7.78. The zero-order chi connectivity index (χ0) is 10.8. The quantitative estimate of drug-likeness (QED) is 0.878. The molecule has 2 rings (SSSR count). The Bertz CT molecular complexity index is 535. The molecule has 0 radical (unpaired) electrons. The Morgan fingerprint density at radius 1 is 1.53 bits per heavy atom. The Kier molecular flexibility index (Phi) is 2.75. The number of rotatable bonds is 2. The van der Waals surface area contributed by atoms with E-state index in [0.717, 1.165) is 11.3 Å². The lowest BCUT2D eigenvalue weighted by atomic mass is 10.2. The van der Waals surface area contributed by atoms with E-state index >= 15 is 0 Å². The van der Waals surface area contributed by atoms with Gasteiger partial charge in [0.25, 0.3) is 0 Å². The van der Waals surface area contributed by atoms with Gasteiger partial charge in [-0.3, -0.25) is 4.79 Å². The maximum atomic E-state index is 11.0. The summed E-state index contributed by atoms with van der Waals surface area (Å²) in [4.78, 5) is 10.8. The number of aromatic nitrogens is 2. The number of nitrogens with zero attached hydrogens (tertiary/aromatic N) is 1. The second-order valence-electron chi connectivity index (χ2n) is 2.76. The Balaban J connectivity index is 2.59. The summed E-state index contributed by atoms with van der Waals surface area (Å²) in [6, 6.07) is 5.18. The normalized spacial score (nSPS) is 10.3. The Morgan fingerprint density at radius 2 is 2.33 bits per heavy atom. The van der Waals surface area contributed by atoms with Crippen molar-refractivity contribution in [1.82, 2.24) is 10.2 Å². The molecule has 0 spiro atoms. The summed E-state index contributed by atoms with van der Waals surface area (Å²) in [6.07, 6.45) is 0. The van der Waals surface area contributed by atoms with E-state index in [4.69, 9.17) is 16.3 Å². The van der Waals surface area contributed by atoms with Crippen molar-refractivity contribution in [3.05, 3.63) is 32.9 Å². The lowest BCUT2D eigenvalue weighted by Crippen LogP contribution is -1.90. The minimum atomic E-state index is -0.202. The lowest BCUT2D eigenvalue weighted by Gasteiger charge is -2.05. The molecule has 1 N–H and O–H groups in total. The predicted molar refractivity (Wildman–Crippen MR) is 59.7 cm³/mol. The molecular formula is C9H7ClN2O2S. The topological polar surface area (TPSA) is 55.0 Å². The number of hydrogen-bond acceptors (Lipinski definition) is 4. The summed E-state index contributed by atoms with van der Waals surface area (Å²) in [5.41, 5.74) is 0.716. The van der Waals surface area contributed by atoms with Gasteiger partial charge in [-0.05, 0) is 18.2 Å². The van der Waals surface area contributed by atoms with Crippen LogP contribution in [-0.4, -0.2) is 17.3 Å². The van der Waals surface area contributed by atoms with Crippen molar-refractivity contribution in [2.45, 2.75) is 0 Å². The predicted octanol–water partition coefficient (Wildman–Crippen LogP) is 2.16. The molecule has 0 atom stereocenters. The average molecular weight is 243 g/mol. The number of aromatic amines is 1. The maximum Gasteiger partial charge on any atom is 0.322 e. The van der Waals surface area contributed by atoms with Gasteiger partial charge in [-0.1, -0.05) is 22.9 Å². The molecule has 15 heavy (non-hydrogen) atoms. The monoisotopic (exact) mass is 242 g/mol. The molecule has 0 aliphatic heterocycles. The van der Waals surface area contributed by atoms with Crippen LogP contribution >= 0.6 is 22.9 Å². The minimum Gasteiger partial charge on any atom is -0.496 e. The van der Waals surface area contributed by atoms with Gasteiger partial charge in [0, 0.05) is 5.02 Å². The van der Waals surface area contributed by atoms with Crippen LogP contribution in [0.25, 0.3) is 10.6 Å². The number of hydrogen-bond donors (Lipinski definition) is 1. The molecule has 0 saturated carbocycles. The van der Waals surface area contributed by atoms with E-state index in [9.17, 15) is 4.79 Å². The van der Waals surface area contributed by atoms with Gasteiger partial charge < -0.3 is 4.74 Å². The SMILES string of the molecule is COc1ccc(Cl)cc1-c1n[nH]c(=O)s1. The van der Waals surface area contributed by atoms with Gasteiger partial charge >= 0.3 is 4.87 Å². The van der Waals surface area contributed by atoms with Gasteiger partial charge in [-0.15, -0.1) is 0 Å². The molecule has 2 aromatic rings. The van der Waals surface area contributed by atoms with Crippen molar-refractivity contribution >= 4 is 22.9 Å². The van der Waals surface area contributed by atoms with Gasteiger partial charge in [0.1, 0.15) is 5.75 Å². The van der Waals surface area contributed by atoms with Crippen molar-refractivity contribution in [3.8, 4) is 16.3 Å². The molecule has 1 aromatic carbocycles. The van der Waals surface area contributed by atoms with Crippen LogP contribution < -0.4 is 9.61 Å². The fraction of sp³-hybridized carbons (Fsp3) is 0.111. The van der Waals surface area contributed by atoms with Crippen LogP contribution in [0.15, 0.2) is 23.0 Å². The number of nitrogens with one attached hydrogen (secondary N) is 1. The zero-order valence-corrected chi connectivity index (χ0v) is 9.35. The van der Waals surface area contributed by atoms with E-state index in [2.05, 4.69) is 10.2 Å². The van der Waals surface area contributed by atoms with Crippen LogP contribution in [0.1, 0.15) is 0 Å². The molecule has 1 aromatic heterocycles. The van der Waals surface area contributed by atoms with Crippen molar-refractivity contribution in [3.63, 3.8) is 0 Å². The summed E-state index contributed by atoms with van der Waals surface area (Å²) < 4.78 is 5.16. The first-order chi connectivity index (χ1) is 7.20. The summed E-state index contributed by atoms with van der Waals surface area (Å²) in [6.45, 7) is 0. The molecule has 0 amide bonds. The van der Waals surface area contributed by atoms with Gasteiger partial charge in [-0.25, -0.2) is 5.10 Å². The highest BCUT2D eigenvalue weighted by Crippen LogP contribution is 2.31. The standard InChI is InChI=1S/C9H7ClN2O2S/c1-14-7-3-2-5(10)4-6(7)8-11-12-9(13)15-8/h2-4H,1H3,(H,12,13). The third kappa shape index (κ3) is 2.03. The van der Waals surface area contributed by atoms with Gasteiger partial charge in [-0.2, -0.15) is 5.10 Å². The number of ether oxygens (including phenoxy) is 1. The third-order valence-electron chi connectivity index (χ3n) is 1.83. The summed E-state index contributed by atoms with van der Waals surface area (Å²) in [7, 11) is 1.56. The molecule has 1 heterocycles. The second kappa shape index (κ2) is 4.04. The molecule has 0 aliphatic carbocycles. The van der Waals surface area contributed by atoms with Crippen LogP contribution in [0, 0.1) is 0 Å². The van der Waals surface area contributed by atoms with E-state index in [1.165, 1.54) is 0 Å². The maximum absolute atomic E-state index is 11.0. The lowest BCUT2D eigenvalue weighted by molar-refractivity contribution is 0.416. The molecule has 0 bridgehead atoms. The second-order valence-corrected chi connectivity index (χ2v) is 4.16. The van der Waals surface area contributed by atoms with Crippen LogP contribution in [0.4, 0.5) is 0 Å². The number of methoxy groups -OCH3 is 1. The van der Waals surface area contributed by atoms with E-state index in [0.29, 0.717) is 21.3 Å². The number of halogens is 1. The van der Waals surface area contributed by atoms with Gasteiger partial charge in [0.05, 0.1) is 12.7 Å². The fourth-order valence-electron chi connectivity index (χ4n) is 1.19. The summed E-state index contributed by atoms with van der Waals surface area (Å²) in [5, 5.41) is 7.38. The first kappa shape index (κ1) is 10.2. The largest absolute Gasteiger partial charge is 0.496 e. The van der Waals surface area contributed by atoms with E-state index in [1.807, 2.05) is 0 Å². The van der Waals surface area contributed by atoms with Gasteiger partial charge in [0.2, 0.25) is 0 Å². The van der Waals surface area contributed by atoms with E-state index in [-0.39, 0.29) is 4.87 Å². The minimum absolute atomic E-state index is 0.202. The highest BCUT2D eigenvalue weighted by atomic mass is 35.5. The van der Waals surface area contributed by atoms with Crippen LogP contribution in [0.2, 0.25) is 5.02 Å². The molecule has 0 aliphatic rings. The van der Waals surface area contributed by atoms with Crippen LogP contribution in [0.5, 0.6) is 5.75 Å². The fourth-order valence-corrected chi connectivity index (χ4v) is 1.99. The molecule has 0 unspecified atom stereocenters. The van der Waals surface area contributed by atoms with Crippen LogP contribution in [0.3, 0.4) is 0 Å². The molecule has 0 fully saturated rings. The van der Waals surface area contributed by atoms with Crippen molar-refractivity contribution < 1.29 is 4.74 Å². The van der Waals surface area contributed by atoms with Crippen molar-refractivity contribution in [2.75, 3.05) is 7.11 Å². The first-order valence-electron chi connectivity index (χ1n) is 4.10. The van der Waals surface area contributed by atoms with Gasteiger partial charge in [0.15, 0.2) is 5.01 Å². The van der Waals surface area contributed by atoms with E-state index in [1.54, 1.807) is 25.3 Å². The third-order valence-corrected chi connectivity index (χ3v) is 2.85. The van der Waals surface area contributed by atoms with Crippen molar-refractivity contribution in [1.29, 1.82) is 0 Å². The van der Waals surface area contributed by atoms with E-state index < -0.39 is 0 Å². The summed E-state index contributed by atoms with van der Waals surface area (Å²) >= 11 is 6.88. The molecule has 0 saturated heterocycles. The molecule has 6 heteroatoms. The Morgan fingerprint density at radius 3 is 2.93 bits per heavy atom. The highest BCUT2D eigenvalue weighted by molar-refractivity contribution is 7.12. The molecular weight excluding hydrogens is 236 g/mol. The van der Waals surface area contributed by atoms with Crippen molar-refractivity contribution in [2.24, 2.45) is 0 Å². The smallest absolute Gasteiger partial charge is 0.322 e. The number of H-pyrrole nitrogens is 1. The Labute approximate surface area is 94.5 Å². The average Bonchev–Trinajstić information content (AvgIpc) is 2.65. The number of benzene rings is 1. The summed E-state index contributed by atoms with van der Waals surface area (Å²) in [5.74, 6) is 0.641. The molecule has 78 valence electrons. The highest BCUT2D eigenvalue weighted by Gasteiger charge is 2.10. The first-order valence-corrected chi connectivity index (χ1v) is 5.29. The Hall–Kier alpha value is -1.33.